The Labute approximate surface area is 146 Å². The Kier molecular flexibility index (Phi) is 5.57. The molecular formula is C21H26O2Si. The average molecular weight is 339 g/mol. The maximum atomic E-state index is 11.7. The lowest BCUT2D eigenvalue weighted by molar-refractivity contribution is -0.112. The largest absolute Gasteiger partial charge is 0.394 e. The Morgan fingerprint density at radius 1 is 1.00 bits per heavy atom. The summed E-state index contributed by atoms with van der Waals surface area (Å²) in [5.74, 6) is 0. The van der Waals surface area contributed by atoms with E-state index in [4.69, 9.17) is 4.43 Å². The first kappa shape index (κ1) is 18.4. The fraction of sp³-hybridized carbons (Fsp3) is 0.286. The van der Waals surface area contributed by atoms with E-state index in [1.54, 1.807) is 0 Å². The van der Waals surface area contributed by atoms with Crippen LogP contribution in [-0.2, 0) is 9.22 Å². The van der Waals surface area contributed by atoms with Crippen molar-refractivity contribution in [2.24, 2.45) is 0 Å². The zero-order valence-electron chi connectivity index (χ0n) is 15.0. The number of hydrogen-bond donors (Lipinski definition) is 0. The van der Waals surface area contributed by atoms with Crippen LogP contribution < -0.4 is 10.4 Å². The fourth-order valence-corrected chi connectivity index (χ4v) is 7.78. The first-order valence-corrected chi connectivity index (χ1v) is 10.1. The van der Waals surface area contributed by atoms with Gasteiger partial charge in [0, 0.05) is 0 Å². The normalized spacial score (nSPS) is 13.3. The van der Waals surface area contributed by atoms with Crippen LogP contribution >= 0.6 is 0 Å². The van der Waals surface area contributed by atoms with Crippen LogP contribution in [0.1, 0.15) is 27.7 Å². The molecule has 0 fully saturated rings. The Bertz CT molecular complexity index is 647. The Morgan fingerprint density at radius 3 is 1.71 bits per heavy atom. The molecule has 0 unspecified atom stereocenters. The summed E-state index contributed by atoms with van der Waals surface area (Å²) in [6.07, 6.45) is 0.262. The lowest BCUT2D eigenvalue weighted by atomic mass is 10.2. The number of hydrogen-bond acceptors (Lipinski definition) is 2. The highest BCUT2D eigenvalue weighted by atomic mass is 28.4. The van der Waals surface area contributed by atoms with Crippen LogP contribution in [0.25, 0.3) is 0 Å². The van der Waals surface area contributed by atoms with Crippen LogP contribution in [0.4, 0.5) is 0 Å². The van der Waals surface area contributed by atoms with E-state index < -0.39 is 14.4 Å². The van der Waals surface area contributed by atoms with Crippen molar-refractivity contribution in [3.05, 3.63) is 72.8 Å². The van der Waals surface area contributed by atoms with E-state index in [9.17, 15) is 4.79 Å². The van der Waals surface area contributed by atoms with Crippen LogP contribution in [0, 0.1) is 0 Å². The topological polar surface area (TPSA) is 26.3 Å². The maximum absolute atomic E-state index is 11.7. The monoisotopic (exact) mass is 338 g/mol. The number of aldehydes is 1. The van der Waals surface area contributed by atoms with Gasteiger partial charge < -0.3 is 9.22 Å². The van der Waals surface area contributed by atoms with Crippen LogP contribution in [0.5, 0.6) is 0 Å². The molecule has 24 heavy (non-hydrogen) atoms. The van der Waals surface area contributed by atoms with E-state index in [1.807, 2.05) is 43.3 Å². The van der Waals surface area contributed by atoms with E-state index in [0.29, 0.717) is 0 Å². The summed E-state index contributed by atoms with van der Waals surface area (Å²) in [7, 11) is -2.69. The fourth-order valence-electron chi connectivity index (χ4n) is 3.13. The molecule has 126 valence electrons. The average Bonchev–Trinajstić information content (AvgIpc) is 2.56. The van der Waals surface area contributed by atoms with Crippen LogP contribution in [0.2, 0.25) is 5.04 Å². The van der Waals surface area contributed by atoms with Gasteiger partial charge in [0.05, 0.1) is 0 Å². The van der Waals surface area contributed by atoms with Gasteiger partial charge in [-0.2, -0.15) is 0 Å². The molecule has 0 aromatic heterocycles. The minimum Gasteiger partial charge on any atom is -0.394 e. The second-order valence-corrected chi connectivity index (χ2v) is 11.4. The first-order valence-electron chi connectivity index (χ1n) is 8.22. The Morgan fingerprint density at radius 2 is 1.42 bits per heavy atom. The third kappa shape index (κ3) is 3.42. The highest BCUT2D eigenvalue weighted by Crippen LogP contribution is 2.37. The molecule has 2 nitrogen and oxygen atoms in total. The summed E-state index contributed by atoms with van der Waals surface area (Å²) in [6.45, 7) is 12.4. The molecule has 0 aliphatic rings. The van der Waals surface area contributed by atoms with Crippen LogP contribution in [0.3, 0.4) is 0 Å². The molecule has 2 aromatic rings. The molecule has 0 spiro atoms. The third-order valence-electron chi connectivity index (χ3n) is 4.33. The maximum Gasteiger partial charge on any atom is 0.262 e. The SMILES string of the molecule is C=C(C)[C@@H](C=O)O[Si](c1ccccc1)(c1ccccc1)C(C)(C)C. The van der Waals surface area contributed by atoms with E-state index >= 15 is 0 Å². The van der Waals surface area contributed by atoms with Gasteiger partial charge in [0.25, 0.3) is 8.32 Å². The second-order valence-electron chi connectivity index (χ2n) is 7.18. The molecule has 0 amide bonds. The molecular weight excluding hydrogens is 312 g/mol. The quantitative estimate of drug-likeness (QED) is 0.456. The molecule has 0 heterocycles. The van der Waals surface area contributed by atoms with Crippen molar-refractivity contribution in [3.8, 4) is 0 Å². The van der Waals surface area contributed by atoms with Crippen molar-refractivity contribution < 1.29 is 9.22 Å². The summed E-state index contributed by atoms with van der Waals surface area (Å²) < 4.78 is 6.66. The van der Waals surface area contributed by atoms with Gasteiger partial charge in [-0.05, 0) is 27.9 Å². The third-order valence-corrected chi connectivity index (χ3v) is 9.34. The van der Waals surface area contributed by atoms with Gasteiger partial charge in [-0.1, -0.05) is 88.0 Å². The van der Waals surface area contributed by atoms with Crippen molar-refractivity contribution in [1.29, 1.82) is 0 Å². The van der Waals surface area contributed by atoms with Gasteiger partial charge >= 0.3 is 0 Å². The predicted octanol–water partition coefficient (Wildman–Crippen LogP) is 3.71. The summed E-state index contributed by atoms with van der Waals surface area (Å²) >= 11 is 0. The van der Waals surface area contributed by atoms with Gasteiger partial charge in [-0.15, -0.1) is 0 Å². The van der Waals surface area contributed by atoms with Gasteiger partial charge in [0.1, 0.15) is 6.10 Å². The second kappa shape index (κ2) is 7.28. The summed E-state index contributed by atoms with van der Waals surface area (Å²) in [5, 5.41) is 2.18. The van der Waals surface area contributed by atoms with Crippen molar-refractivity contribution in [1.82, 2.24) is 0 Å². The van der Waals surface area contributed by atoms with E-state index in [2.05, 4.69) is 51.6 Å². The van der Waals surface area contributed by atoms with Gasteiger partial charge in [0.15, 0.2) is 6.29 Å². The minimum atomic E-state index is -2.69. The van der Waals surface area contributed by atoms with Crippen molar-refractivity contribution in [2.45, 2.75) is 38.8 Å². The number of carbonyl (C=O) groups is 1. The zero-order valence-corrected chi connectivity index (χ0v) is 16.0. The molecule has 2 rings (SSSR count). The van der Waals surface area contributed by atoms with Crippen LogP contribution in [0.15, 0.2) is 72.8 Å². The van der Waals surface area contributed by atoms with Gasteiger partial charge in [-0.3, -0.25) is 0 Å². The lowest BCUT2D eigenvalue weighted by Crippen LogP contribution is -2.67. The lowest BCUT2D eigenvalue weighted by Gasteiger charge is -2.44. The predicted molar refractivity (Wildman–Crippen MR) is 103 cm³/mol. The highest BCUT2D eigenvalue weighted by Gasteiger charge is 2.51. The molecule has 0 saturated carbocycles. The summed E-state index contributed by atoms with van der Waals surface area (Å²) in [4.78, 5) is 11.7. The Hall–Kier alpha value is -1.97. The number of carbonyl (C=O) groups excluding carboxylic acids is 1. The van der Waals surface area contributed by atoms with E-state index in [-0.39, 0.29) is 5.04 Å². The zero-order chi connectivity index (χ0) is 17.8. The van der Waals surface area contributed by atoms with Crippen LogP contribution in [-0.4, -0.2) is 20.7 Å². The number of rotatable bonds is 6. The summed E-state index contributed by atoms with van der Waals surface area (Å²) in [5.41, 5.74) is 0.734. The smallest absolute Gasteiger partial charge is 0.262 e. The first-order chi connectivity index (χ1) is 11.3. The summed E-state index contributed by atoms with van der Waals surface area (Å²) in [6, 6.07) is 20.6. The minimum absolute atomic E-state index is 0.146. The van der Waals surface area contributed by atoms with Gasteiger partial charge in [0.2, 0.25) is 0 Å². The standard InChI is InChI=1S/C21H26O2Si/c1-17(2)20(16-22)23-24(21(3,4)5,18-12-8-6-9-13-18)19-14-10-7-11-15-19/h6-16,20H,1H2,2-5H3/t20-/m1/s1. The van der Waals surface area contributed by atoms with Crippen molar-refractivity contribution in [2.75, 3.05) is 0 Å². The van der Waals surface area contributed by atoms with Crippen molar-refractivity contribution in [3.63, 3.8) is 0 Å². The molecule has 2 aromatic carbocycles. The van der Waals surface area contributed by atoms with E-state index in [0.717, 1.165) is 22.2 Å². The molecule has 3 heteroatoms. The molecule has 0 aliphatic carbocycles. The highest BCUT2D eigenvalue weighted by molar-refractivity contribution is 6.99. The molecule has 0 radical (unpaired) electrons. The molecule has 0 N–H and O–H groups in total. The van der Waals surface area contributed by atoms with E-state index in [1.165, 1.54) is 0 Å². The molecule has 0 aliphatic heterocycles. The number of benzene rings is 2. The molecule has 0 bridgehead atoms. The molecule has 1 atom stereocenters. The van der Waals surface area contributed by atoms with Gasteiger partial charge in [-0.25, -0.2) is 0 Å². The Balaban J connectivity index is 2.75. The molecule has 0 saturated heterocycles. The van der Waals surface area contributed by atoms with Crippen molar-refractivity contribution >= 4 is 25.0 Å².